The standard InChI is InChI=1S/C11H15FO/c1-3-8(2)6-9-4-5-10(13)7-11(9)12/h4-5,7-8,13H,3,6H2,1-2H3. The molecule has 0 fully saturated rings. The van der Waals surface area contributed by atoms with Gasteiger partial charge in [-0.25, -0.2) is 4.39 Å². The van der Waals surface area contributed by atoms with E-state index in [1.165, 1.54) is 6.07 Å². The minimum absolute atomic E-state index is 0.00889. The van der Waals surface area contributed by atoms with Crippen molar-refractivity contribution in [2.24, 2.45) is 5.92 Å². The van der Waals surface area contributed by atoms with Gasteiger partial charge >= 0.3 is 0 Å². The molecule has 0 aliphatic heterocycles. The minimum Gasteiger partial charge on any atom is -0.508 e. The topological polar surface area (TPSA) is 20.2 Å². The second-order valence-electron chi connectivity index (χ2n) is 3.49. The lowest BCUT2D eigenvalue weighted by Gasteiger charge is -2.08. The van der Waals surface area contributed by atoms with Gasteiger partial charge in [-0.15, -0.1) is 0 Å². The van der Waals surface area contributed by atoms with Crippen molar-refractivity contribution in [3.8, 4) is 5.75 Å². The molecule has 0 spiro atoms. The summed E-state index contributed by atoms with van der Waals surface area (Å²) in [7, 11) is 0. The highest BCUT2D eigenvalue weighted by Crippen LogP contribution is 2.18. The third-order valence-corrected chi connectivity index (χ3v) is 2.30. The lowest BCUT2D eigenvalue weighted by Crippen LogP contribution is -1.99. The first-order chi connectivity index (χ1) is 6.13. The molecule has 0 amide bonds. The molecule has 1 atom stereocenters. The van der Waals surface area contributed by atoms with E-state index < -0.39 is 0 Å². The normalized spacial score (nSPS) is 12.8. The Morgan fingerprint density at radius 2 is 2.15 bits per heavy atom. The highest BCUT2D eigenvalue weighted by atomic mass is 19.1. The van der Waals surface area contributed by atoms with Crippen molar-refractivity contribution in [3.63, 3.8) is 0 Å². The Hall–Kier alpha value is -1.05. The molecular formula is C11H15FO. The van der Waals surface area contributed by atoms with Crippen LogP contribution in [0.1, 0.15) is 25.8 Å². The number of hydrogen-bond acceptors (Lipinski definition) is 1. The van der Waals surface area contributed by atoms with Crippen molar-refractivity contribution in [3.05, 3.63) is 29.6 Å². The summed E-state index contributed by atoms with van der Waals surface area (Å²) < 4.78 is 13.2. The molecule has 1 aromatic carbocycles. The molecule has 0 heterocycles. The summed E-state index contributed by atoms with van der Waals surface area (Å²) in [4.78, 5) is 0. The molecule has 0 bridgehead atoms. The summed E-state index contributed by atoms with van der Waals surface area (Å²) in [5.41, 5.74) is 0.687. The van der Waals surface area contributed by atoms with Crippen LogP contribution in [0.3, 0.4) is 0 Å². The van der Waals surface area contributed by atoms with Gasteiger partial charge in [-0.3, -0.25) is 0 Å². The van der Waals surface area contributed by atoms with Crippen LogP contribution in [0, 0.1) is 11.7 Å². The molecule has 1 N–H and O–H groups in total. The van der Waals surface area contributed by atoms with Gasteiger partial charge in [0.05, 0.1) is 0 Å². The largest absolute Gasteiger partial charge is 0.508 e. The first kappa shape index (κ1) is 10.0. The van der Waals surface area contributed by atoms with Crippen LogP contribution in [-0.2, 0) is 6.42 Å². The van der Waals surface area contributed by atoms with Gasteiger partial charge < -0.3 is 5.11 Å². The van der Waals surface area contributed by atoms with Gasteiger partial charge in [0, 0.05) is 6.07 Å². The number of halogens is 1. The average Bonchev–Trinajstić information content (AvgIpc) is 2.09. The maximum Gasteiger partial charge on any atom is 0.130 e. The Labute approximate surface area is 78.2 Å². The summed E-state index contributed by atoms with van der Waals surface area (Å²) in [6.07, 6.45) is 1.78. The first-order valence-corrected chi connectivity index (χ1v) is 4.61. The average molecular weight is 182 g/mol. The van der Waals surface area contributed by atoms with Gasteiger partial charge in [0.15, 0.2) is 0 Å². The van der Waals surface area contributed by atoms with Crippen molar-refractivity contribution < 1.29 is 9.50 Å². The fourth-order valence-corrected chi connectivity index (χ4v) is 1.22. The summed E-state index contributed by atoms with van der Waals surface area (Å²) >= 11 is 0. The van der Waals surface area contributed by atoms with Crippen LogP contribution >= 0.6 is 0 Å². The zero-order chi connectivity index (χ0) is 9.84. The predicted octanol–water partition coefficient (Wildman–Crippen LogP) is 3.12. The molecule has 1 rings (SSSR count). The molecule has 1 aromatic rings. The molecule has 0 saturated carbocycles. The van der Waals surface area contributed by atoms with E-state index in [4.69, 9.17) is 5.11 Å². The molecule has 72 valence electrons. The van der Waals surface area contributed by atoms with E-state index in [9.17, 15) is 4.39 Å². The minimum atomic E-state index is -0.305. The van der Waals surface area contributed by atoms with Crippen LogP contribution in [0.2, 0.25) is 0 Å². The fourth-order valence-electron chi connectivity index (χ4n) is 1.22. The fraction of sp³-hybridized carbons (Fsp3) is 0.455. The van der Waals surface area contributed by atoms with Gasteiger partial charge in [0.25, 0.3) is 0 Å². The quantitative estimate of drug-likeness (QED) is 0.761. The predicted molar refractivity (Wildman–Crippen MR) is 51.2 cm³/mol. The van der Waals surface area contributed by atoms with Gasteiger partial charge in [-0.05, 0) is 24.0 Å². The highest BCUT2D eigenvalue weighted by molar-refractivity contribution is 5.27. The van der Waals surface area contributed by atoms with Crippen molar-refractivity contribution >= 4 is 0 Å². The highest BCUT2D eigenvalue weighted by Gasteiger charge is 2.06. The van der Waals surface area contributed by atoms with E-state index in [0.717, 1.165) is 18.9 Å². The Kier molecular flexibility index (Phi) is 3.29. The third kappa shape index (κ3) is 2.72. The molecule has 0 aliphatic rings. The maximum absolute atomic E-state index is 13.2. The molecule has 1 nitrogen and oxygen atoms in total. The molecule has 0 saturated heterocycles. The van der Waals surface area contributed by atoms with Crippen LogP contribution < -0.4 is 0 Å². The van der Waals surface area contributed by atoms with E-state index in [2.05, 4.69) is 13.8 Å². The van der Waals surface area contributed by atoms with Crippen LogP contribution in [0.5, 0.6) is 5.75 Å². The van der Waals surface area contributed by atoms with E-state index in [1.807, 2.05) is 0 Å². The zero-order valence-electron chi connectivity index (χ0n) is 8.05. The van der Waals surface area contributed by atoms with Crippen molar-refractivity contribution in [1.82, 2.24) is 0 Å². The Morgan fingerprint density at radius 3 is 2.69 bits per heavy atom. The SMILES string of the molecule is CCC(C)Cc1ccc(O)cc1F. The van der Waals surface area contributed by atoms with Gasteiger partial charge in [-0.2, -0.15) is 0 Å². The summed E-state index contributed by atoms with van der Waals surface area (Å²) in [6.45, 7) is 4.18. The maximum atomic E-state index is 13.2. The Morgan fingerprint density at radius 1 is 1.46 bits per heavy atom. The van der Waals surface area contributed by atoms with Crippen molar-refractivity contribution in [1.29, 1.82) is 0 Å². The Bertz CT molecular complexity index is 283. The lowest BCUT2D eigenvalue weighted by molar-refractivity contribution is 0.465. The molecule has 2 heteroatoms. The molecule has 0 aromatic heterocycles. The number of phenols is 1. The summed E-state index contributed by atoms with van der Waals surface area (Å²) in [6, 6.07) is 4.34. The van der Waals surface area contributed by atoms with Gasteiger partial charge in [-0.1, -0.05) is 26.3 Å². The second kappa shape index (κ2) is 4.26. The zero-order valence-corrected chi connectivity index (χ0v) is 8.05. The van der Waals surface area contributed by atoms with Crippen LogP contribution in [0.15, 0.2) is 18.2 Å². The number of phenolic OH excluding ortho intramolecular Hbond substituents is 1. The van der Waals surface area contributed by atoms with Crippen LogP contribution in [0.4, 0.5) is 4.39 Å². The molecule has 0 aliphatic carbocycles. The van der Waals surface area contributed by atoms with Crippen LogP contribution in [-0.4, -0.2) is 5.11 Å². The van der Waals surface area contributed by atoms with Gasteiger partial charge in [0.1, 0.15) is 11.6 Å². The second-order valence-corrected chi connectivity index (χ2v) is 3.49. The van der Waals surface area contributed by atoms with Crippen molar-refractivity contribution in [2.75, 3.05) is 0 Å². The van der Waals surface area contributed by atoms with E-state index in [0.29, 0.717) is 11.5 Å². The summed E-state index contributed by atoms with van der Waals surface area (Å²) in [5, 5.41) is 8.99. The van der Waals surface area contributed by atoms with E-state index >= 15 is 0 Å². The Balaban J connectivity index is 2.77. The number of aromatic hydroxyl groups is 1. The molecular weight excluding hydrogens is 167 g/mol. The summed E-state index contributed by atoms with van der Waals surface area (Å²) in [5.74, 6) is 0.171. The van der Waals surface area contributed by atoms with E-state index in [1.54, 1.807) is 6.07 Å². The third-order valence-electron chi connectivity index (χ3n) is 2.30. The smallest absolute Gasteiger partial charge is 0.130 e. The monoisotopic (exact) mass is 182 g/mol. The van der Waals surface area contributed by atoms with Crippen LogP contribution in [0.25, 0.3) is 0 Å². The first-order valence-electron chi connectivity index (χ1n) is 4.61. The number of hydrogen-bond donors (Lipinski definition) is 1. The van der Waals surface area contributed by atoms with Gasteiger partial charge in [0.2, 0.25) is 0 Å². The number of benzene rings is 1. The molecule has 1 unspecified atom stereocenters. The molecule has 0 radical (unpaired) electrons. The van der Waals surface area contributed by atoms with E-state index in [-0.39, 0.29) is 11.6 Å². The molecule has 13 heavy (non-hydrogen) atoms. The van der Waals surface area contributed by atoms with Crippen molar-refractivity contribution in [2.45, 2.75) is 26.7 Å². The number of rotatable bonds is 3. The lowest BCUT2D eigenvalue weighted by atomic mass is 9.98.